The molecule has 88 valence electrons. The van der Waals surface area contributed by atoms with Gasteiger partial charge in [0.05, 0.1) is 12.2 Å². The van der Waals surface area contributed by atoms with E-state index >= 15 is 0 Å². The first-order valence-corrected chi connectivity index (χ1v) is 4.48. The average Bonchev–Trinajstić information content (AvgIpc) is 2.12. The summed E-state index contributed by atoms with van der Waals surface area (Å²) in [5.41, 5.74) is 10.5. The highest BCUT2D eigenvalue weighted by atomic mass is 35.5. The maximum Gasteiger partial charge on any atom is 0.0691 e. The third-order valence-corrected chi connectivity index (χ3v) is 2.58. The van der Waals surface area contributed by atoms with Gasteiger partial charge in [-0.1, -0.05) is 0 Å². The number of nitrogens with two attached hydrogens (primary N) is 2. The van der Waals surface area contributed by atoms with E-state index in [1.165, 1.54) is 0 Å². The summed E-state index contributed by atoms with van der Waals surface area (Å²) in [6.45, 7) is 0. The molecule has 0 unspecified atom stereocenters. The largest absolute Gasteiger partial charge is 0.392 e. The zero-order valence-corrected chi connectivity index (χ0v) is 9.64. The third kappa shape index (κ3) is 4.77. The first kappa shape index (κ1) is 16.8. The molecule has 0 spiro atoms. The van der Waals surface area contributed by atoms with Crippen LogP contribution in [0.5, 0.6) is 0 Å². The van der Waals surface area contributed by atoms with E-state index in [9.17, 15) is 0 Å². The molecular weight excluding hydrogens is 227 g/mol. The Hall–Kier alpha value is 0.420. The summed E-state index contributed by atoms with van der Waals surface area (Å²) < 4.78 is 0. The number of halogens is 2. The van der Waals surface area contributed by atoms with Crippen molar-refractivity contribution in [2.45, 2.75) is 50.0 Å². The molecule has 0 radical (unpaired) electrons. The second kappa shape index (κ2) is 7.68. The SMILES string of the molecule is Cl.Cl.N[C@@H]1CC[C@H]1O.N[C@H]1CC[C@@H]1O. The van der Waals surface area contributed by atoms with Crippen molar-refractivity contribution in [3.8, 4) is 0 Å². The van der Waals surface area contributed by atoms with Crippen molar-refractivity contribution in [3.05, 3.63) is 0 Å². The van der Waals surface area contributed by atoms with Gasteiger partial charge >= 0.3 is 0 Å². The lowest BCUT2D eigenvalue weighted by Gasteiger charge is -2.27. The fourth-order valence-corrected chi connectivity index (χ4v) is 1.02. The van der Waals surface area contributed by atoms with Crippen LogP contribution in [0.2, 0.25) is 0 Å². The van der Waals surface area contributed by atoms with Gasteiger partial charge in [-0.25, -0.2) is 0 Å². The van der Waals surface area contributed by atoms with Crippen molar-refractivity contribution in [1.82, 2.24) is 0 Å². The highest BCUT2D eigenvalue weighted by Crippen LogP contribution is 2.16. The maximum atomic E-state index is 8.59. The number of hydrogen-bond acceptors (Lipinski definition) is 4. The predicted molar refractivity (Wildman–Crippen MR) is 60.9 cm³/mol. The molecule has 0 amide bonds. The lowest BCUT2D eigenvalue weighted by molar-refractivity contribution is 0.0691. The first-order chi connectivity index (χ1) is 5.61. The molecule has 4 atom stereocenters. The Morgan fingerprint density at radius 3 is 0.929 bits per heavy atom. The summed E-state index contributed by atoms with van der Waals surface area (Å²) in [4.78, 5) is 0. The smallest absolute Gasteiger partial charge is 0.0691 e. The van der Waals surface area contributed by atoms with Gasteiger partial charge in [0.2, 0.25) is 0 Å². The van der Waals surface area contributed by atoms with E-state index < -0.39 is 0 Å². The number of aliphatic hydroxyl groups is 2. The standard InChI is InChI=1S/2C4H9NO.2ClH/c2*5-3-1-2-4(3)6;;/h2*3-4,6H,1-2,5H2;2*1H/t2*3-,4-;;/m10../s1. The lowest BCUT2D eigenvalue weighted by atomic mass is 9.90. The second-order valence-corrected chi connectivity index (χ2v) is 3.62. The van der Waals surface area contributed by atoms with Gasteiger partial charge in [0, 0.05) is 12.1 Å². The van der Waals surface area contributed by atoms with Crippen LogP contribution in [0.25, 0.3) is 0 Å². The van der Waals surface area contributed by atoms with Crippen LogP contribution in [0.3, 0.4) is 0 Å². The Kier molecular flexibility index (Phi) is 9.23. The summed E-state index contributed by atoms with van der Waals surface area (Å²) in [6.07, 6.45) is 3.43. The molecule has 6 heteroatoms. The second-order valence-electron chi connectivity index (χ2n) is 3.62. The van der Waals surface area contributed by atoms with Crippen LogP contribution in [0.15, 0.2) is 0 Å². The van der Waals surface area contributed by atoms with Crippen molar-refractivity contribution < 1.29 is 10.2 Å². The first-order valence-electron chi connectivity index (χ1n) is 4.48. The van der Waals surface area contributed by atoms with Gasteiger partial charge in [-0.3, -0.25) is 0 Å². The fraction of sp³-hybridized carbons (Fsp3) is 1.00. The topological polar surface area (TPSA) is 92.5 Å². The summed E-state index contributed by atoms with van der Waals surface area (Å²) in [6, 6.07) is 0.176. The minimum absolute atomic E-state index is 0. The van der Waals surface area contributed by atoms with E-state index in [1.807, 2.05) is 0 Å². The Bertz CT molecular complexity index is 119. The predicted octanol–water partition coefficient (Wildman–Crippen LogP) is -0.220. The van der Waals surface area contributed by atoms with Crippen LogP contribution in [0.1, 0.15) is 25.7 Å². The average molecular weight is 247 g/mol. The molecule has 0 heterocycles. The molecule has 0 aromatic rings. The van der Waals surface area contributed by atoms with Crippen molar-refractivity contribution in [3.63, 3.8) is 0 Å². The molecule has 4 nitrogen and oxygen atoms in total. The van der Waals surface area contributed by atoms with E-state index in [2.05, 4.69) is 0 Å². The molecule has 2 fully saturated rings. The van der Waals surface area contributed by atoms with Gasteiger partial charge in [0.1, 0.15) is 0 Å². The van der Waals surface area contributed by atoms with E-state index in [4.69, 9.17) is 21.7 Å². The van der Waals surface area contributed by atoms with Gasteiger partial charge in [-0.05, 0) is 25.7 Å². The zero-order chi connectivity index (χ0) is 9.14. The van der Waals surface area contributed by atoms with Gasteiger partial charge in [-0.15, -0.1) is 24.8 Å². The lowest BCUT2D eigenvalue weighted by Crippen LogP contribution is -2.43. The van der Waals surface area contributed by atoms with Crippen molar-refractivity contribution in [1.29, 1.82) is 0 Å². The molecule has 0 saturated heterocycles. The van der Waals surface area contributed by atoms with Crippen LogP contribution in [-0.2, 0) is 0 Å². The molecule has 2 aliphatic rings. The fourth-order valence-electron chi connectivity index (χ4n) is 1.02. The van der Waals surface area contributed by atoms with Crippen LogP contribution < -0.4 is 11.5 Å². The van der Waals surface area contributed by atoms with Crippen molar-refractivity contribution in [2.24, 2.45) is 11.5 Å². The van der Waals surface area contributed by atoms with E-state index in [0.29, 0.717) is 0 Å². The normalized spacial score (nSPS) is 38.6. The van der Waals surface area contributed by atoms with Crippen LogP contribution >= 0.6 is 24.8 Å². The summed E-state index contributed by atoms with van der Waals surface area (Å²) in [7, 11) is 0. The molecule has 0 aromatic heterocycles. The Morgan fingerprint density at radius 1 is 0.714 bits per heavy atom. The number of aliphatic hydroxyl groups excluding tert-OH is 2. The number of hydrogen-bond donors (Lipinski definition) is 4. The zero-order valence-electron chi connectivity index (χ0n) is 8.00. The van der Waals surface area contributed by atoms with Crippen molar-refractivity contribution >= 4 is 24.8 Å². The number of rotatable bonds is 0. The molecule has 2 rings (SSSR count). The minimum atomic E-state index is -0.190. The quantitative estimate of drug-likeness (QED) is 0.476. The Morgan fingerprint density at radius 2 is 0.929 bits per heavy atom. The molecule has 0 bridgehead atoms. The van der Waals surface area contributed by atoms with Crippen molar-refractivity contribution in [2.75, 3.05) is 0 Å². The molecule has 6 N–H and O–H groups in total. The van der Waals surface area contributed by atoms with Gasteiger partial charge in [0.25, 0.3) is 0 Å². The van der Waals surface area contributed by atoms with Gasteiger partial charge < -0.3 is 21.7 Å². The van der Waals surface area contributed by atoms with Crippen LogP contribution in [0, 0.1) is 0 Å². The summed E-state index contributed by atoms with van der Waals surface area (Å²) >= 11 is 0. The van der Waals surface area contributed by atoms with Gasteiger partial charge in [-0.2, -0.15) is 0 Å². The summed E-state index contributed by atoms with van der Waals surface area (Å²) in [5, 5.41) is 17.2. The Labute approximate surface area is 96.9 Å². The van der Waals surface area contributed by atoms with Gasteiger partial charge in [0.15, 0.2) is 0 Å². The van der Waals surface area contributed by atoms with Crippen LogP contribution in [-0.4, -0.2) is 34.5 Å². The molecule has 0 aliphatic heterocycles. The highest BCUT2D eigenvalue weighted by Gasteiger charge is 2.24. The minimum Gasteiger partial charge on any atom is -0.392 e. The molecule has 2 aliphatic carbocycles. The van der Waals surface area contributed by atoms with E-state index in [0.717, 1.165) is 25.7 Å². The molecular formula is C8H20Cl2N2O2. The van der Waals surface area contributed by atoms with E-state index in [-0.39, 0.29) is 49.1 Å². The summed E-state index contributed by atoms with van der Waals surface area (Å²) in [5.74, 6) is 0. The molecule has 0 aromatic carbocycles. The Balaban J connectivity index is 0. The molecule has 2 saturated carbocycles. The highest BCUT2D eigenvalue weighted by molar-refractivity contribution is 5.85. The maximum absolute atomic E-state index is 8.59. The van der Waals surface area contributed by atoms with Crippen LogP contribution in [0.4, 0.5) is 0 Å². The molecule has 14 heavy (non-hydrogen) atoms. The third-order valence-electron chi connectivity index (χ3n) is 2.58. The van der Waals surface area contributed by atoms with E-state index in [1.54, 1.807) is 0 Å². The monoisotopic (exact) mass is 246 g/mol.